The minimum Gasteiger partial charge on any atom is -0.370 e. The molecular weight excluding hydrogens is 306 g/mol. The van der Waals surface area contributed by atoms with Gasteiger partial charge in [0.1, 0.15) is 23.2 Å². The van der Waals surface area contributed by atoms with E-state index in [-0.39, 0.29) is 5.91 Å². The van der Waals surface area contributed by atoms with Crippen LogP contribution in [0.15, 0.2) is 24.7 Å². The van der Waals surface area contributed by atoms with Gasteiger partial charge in [0.05, 0.1) is 6.20 Å². The van der Waals surface area contributed by atoms with Gasteiger partial charge in [0.15, 0.2) is 0 Å². The number of nitrogens with one attached hydrogen (secondary N) is 1. The van der Waals surface area contributed by atoms with Gasteiger partial charge in [-0.3, -0.25) is 9.78 Å². The molecule has 0 spiro atoms. The first-order valence-corrected chi connectivity index (χ1v) is 8.07. The molecule has 1 saturated heterocycles. The number of hydrogen-bond acceptors (Lipinski definition) is 7. The molecule has 8 nitrogen and oxygen atoms in total. The highest BCUT2D eigenvalue weighted by Gasteiger charge is 2.24. The number of carbonyl (C=O) groups excluding carboxylic acids is 1. The SMILES string of the molecule is CCNc1cc(N2CCN(C(=O)c3cnccn3)CC2)nc(C)n1. The van der Waals surface area contributed by atoms with Gasteiger partial charge in [-0.1, -0.05) is 0 Å². The van der Waals surface area contributed by atoms with Crippen molar-refractivity contribution in [1.82, 2.24) is 24.8 Å². The molecular formula is C16H21N7O. The zero-order valence-corrected chi connectivity index (χ0v) is 13.9. The van der Waals surface area contributed by atoms with Crippen molar-refractivity contribution in [2.45, 2.75) is 13.8 Å². The Morgan fingerprint density at radius 3 is 2.67 bits per heavy atom. The summed E-state index contributed by atoms with van der Waals surface area (Å²) in [6, 6.07) is 1.96. The van der Waals surface area contributed by atoms with Crippen LogP contribution in [0.4, 0.5) is 11.6 Å². The first-order chi connectivity index (χ1) is 11.7. The Balaban J connectivity index is 1.66. The van der Waals surface area contributed by atoms with E-state index in [9.17, 15) is 4.79 Å². The predicted octanol–water partition coefficient (Wildman–Crippen LogP) is 0.969. The first kappa shape index (κ1) is 16.1. The summed E-state index contributed by atoms with van der Waals surface area (Å²) in [6.07, 6.45) is 4.61. The Morgan fingerprint density at radius 1 is 1.21 bits per heavy atom. The molecule has 24 heavy (non-hydrogen) atoms. The molecule has 0 unspecified atom stereocenters. The van der Waals surface area contributed by atoms with E-state index in [1.807, 2.05) is 19.9 Å². The quantitative estimate of drug-likeness (QED) is 0.895. The molecule has 2 aromatic heterocycles. The van der Waals surface area contributed by atoms with Crippen LogP contribution in [0.3, 0.4) is 0 Å². The van der Waals surface area contributed by atoms with E-state index in [0.717, 1.165) is 37.1 Å². The van der Waals surface area contributed by atoms with Gasteiger partial charge in [-0.05, 0) is 13.8 Å². The lowest BCUT2D eigenvalue weighted by molar-refractivity contribution is 0.0740. The van der Waals surface area contributed by atoms with Crippen molar-refractivity contribution in [1.29, 1.82) is 0 Å². The molecule has 1 aliphatic rings. The number of amides is 1. The average Bonchev–Trinajstić information content (AvgIpc) is 2.62. The largest absolute Gasteiger partial charge is 0.370 e. The molecule has 8 heteroatoms. The first-order valence-electron chi connectivity index (χ1n) is 8.07. The lowest BCUT2D eigenvalue weighted by atomic mass is 10.2. The van der Waals surface area contributed by atoms with Gasteiger partial charge in [0.2, 0.25) is 0 Å². The molecule has 126 valence electrons. The van der Waals surface area contributed by atoms with Crippen LogP contribution in [0, 0.1) is 6.92 Å². The molecule has 0 radical (unpaired) electrons. The lowest BCUT2D eigenvalue weighted by Gasteiger charge is -2.35. The molecule has 0 atom stereocenters. The molecule has 1 N–H and O–H groups in total. The van der Waals surface area contributed by atoms with Crippen molar-refractivity contribution in [3.8, 4) is 0 Å². The highest BCUT2D eigenvalue weighted by molar-refractivity contribution is 5.92. The number of aryl methyl sites for hydroxylation is 1. The monoisotopic (exact) mass is 327 g/mol. The van der Waals surface area contributed by atoms with Gasteiger partial charge in [-0.25, -0.2) is 15.0 Å². The third kappa shape index (κ3) is 3.58. The minimum atomic E-state index is -0.0741. The van der Waals surface area contributed by atoms with Crippen LogP contribution in [0.5, 0.6) is 0 Å². The molecule has 2 aromatic rings. The van der Waals surface area contributed by atoms with E-state index in [4.69, 9.17) is 0 Å². The molecule has 3 rings (SSSR count). The second-order valence-electron chi connectivity index (χ2n) is 5.56. The molecule has 0 aromatic carbocycles. The predicted molar refractivity (Wildman–Crippen MR) is 91.1 cm³/mol. The van der Waals surface area contributed by atoms with E-state index in [2.05, 4.69) is 30.2 Å². The number of hydrogen-bond donors (Lipinski definition) is 1. The Kier molecular flexibility index (Phi) is 4.83. The number of piperazine rings is 1. The van der Waals surface area contributed by atoms with Crippen LogP contribution in [-0.4, -0.2) is 63.5 Å². The standard InChI is InChI=1S/C16H21N7O/c1-3-18-14-10-15(21-12(2)20-14)22-6-8-23(9-7-22)16(24)13-11-17-4-5-19-13/h4-5,10-11H,3,6-9H2,1-2H3,(H,18,20,21). The fraction of sp³-hybridized carbons (Fsp3) is 0.438. The molecule has 1 aliphatic heterocycles. The third-order valence-corrected chi connectivity index (χ3v) is 3.86. The van der Waals surface area contributed by atoms with Crippen molar-refractivity contribution in [2.75, 3.05) is 42.9 Å². The summed E-state index contributed by atoms with van der Waals surface area (Å²) < 4.78 is 0. The van der Waals surface area contributed by atoms with E-state index < -0.39 is 0 Å². The van der Waals surface area contributed by atoms with Crippen LogP contribution in [0.1, 0.15) is 23.2 Å². The van der Waals surface area contributed by atoms with Gasteiger partial charge in [-0.15, -0.1) is 0 Å². The smallest absolute Gasteiger partial charge is 0.274 e. The molecule has 0 saturated carbocycles. The summed E-state index contributed by atoms with van der Waals surface area (Å²) >= 11 is 0. The van der Waals surface area contributed by atoms with Gasteiger partial charge in [0, 0.05) is 51.2 Å². The third-order valence-electron chi connectivity index (χ3n) is 3.86. The fourth-order valence-electron chi connectivity index (χ4n) is 2.70. The van der Waals surface area contributed by atoms with E-state index >= 15 is 0 Å². The zero-order chi connectivity index (χ0) is 16.9. The van der Waals surface area contributed by atoms with Gasteiger partial charge >= 0.3 is 0 Å². The molecule has 1 fully saturated rings. The maximum absolute atomic E-state index is 12.4. The number of anilines is 2. The Labute approximate surface area is 141 Å². The lowest BCUT2D eigenvalue weighted by Crippen LogP contribution is -2.49. The van der Waals surface area contributed by atoms with Gasteiger partial charge < -0.3 is 15.1 Å². The normalized spacial score (nSPS) is 14.6. The van der Waals surface area contributed by atoms with Gasteiger partial charge in [0.25, 0.3) is 5.91 Å². The maximum Gasteiger partial charge on any atom is 0.274 e. The summed E-state index contributed by atoms with van der Waals surface area (Å²) in [5, 5.41) is 3.22. The van der Waals surface area contributed by atoms with Crippen LogP contribution >= 0.6 is 0 Å². The average molecular weight is 327 g/mol. The highest BCUT2D eigenvalue weighted by Crippen LogP contribution is 2.18. The minimum absolute atomic E-state index is 0.0741. The second kappa shape index (κ2) is 7.20. The number of aromatic nitrogens is 4. The van der Waals surface area contributed by atoms with Crippen molar-refractivity contribution in [2.24, 2.45) is 0 Å². The van der Waals surface area contributed by atoms with Crippen LogP contribution in [0.25, 0.3) is 0 Å². The van der Waals surface area contributed by atoms with Gasteiger partial charge in [-0.2, -0.15) is 0 Å². The van der Waals surface area contributed by atoms with E-state index in [1.165, 1.54) is 12.4 Å². The van der Waals surface area contributed by atoms with Crippen molar-refractivity contribution in [3.05, 3.63) is 36.2 Å². The maximum atomic E-state index is 12.4. The van der Waals surface area contributed by atoms with E-state index in [0.29, 0.717) is 18.8 Å². The topological polar surface area (TPSA) is 87.1 Å². The summed E-state index contributed by atoms with van der Waals surface area (Å²) in [6.45, 7) is 7.47. The summed E-state index contributed by atoms with van der Waals surface area (Å²) in [7, 11) is 0. The molecule has 3 heterocycles. The fourth-order valence-corrected chi connectivity index (χ4v) is 2.70. The summed E-state index contributed by atoms with van der Waals surface area (Å²) in [5.41, 5.74) is 0.387. The van der Waals surface area contributed by atoms with Crippen LogP contribution < -0.4 is 10.2 Å². The number of nitrogens with zero attached hydrogens (tertiary/aromatic N) is 6. The van der Waals surface area contributed by atoms with Crippen LogP contribution in [-0.2, 0) is 0 Å². The van der Waals surface area contributed by atoms with Crippen molar-refractivity contribution < 1.29 is 4.79 Å². The highest BCUT2D eigenvalue weighted by atomic mass is 16.2. The zero-order valence-electron chi connectivity index (χ0n) is 13.9. The Morgan fingerprint density at radius 2 is 2.00 bits per heavy atom. The van der Waals surface area contributed by atoms with Crippen molar-refractivity contribution >= 4 is 17.5 Å². The number of carbonyl (C=O) groups is 1. The molecule has 0 aliphatic carbocycles. The summed E-state index contributed by atoms with van der Waals surface area (Å²) in [4.78, 5) is 33.3. The Bertz CT molecular complexity index is 699. The van der Waals surface area contributed by atoms with Crippen molar-refractivity contribution in [3.63, 3.8) is 0 Å². The molecule has 1 amide bonds. The van der Waals surface area contributed by atoms with E-state index in [1.54, 1.807) is 11.1 Å². The Hall–Kier alpha value is -2.77. The van der Waals surface area contributed by atoms with Crippen LogP contribution in [0.2, 0.25) is 0 Å². The number of rotatable bonds is 4. The summed E-state index contributed by atoms with van der Waals surface area (Å²) in [5.74, 6) is 2.39. The molecule has 0 bridgehead atoms. The second-order valence-corrected chi connectivity index (χ2v) is 5.56.